The standard InChI is InChI=1S/C20H19N3O3S/c24-18(12-26-13-19-22-15-7-2-4-9-17(15)27-19)21-14-6-1-3-8-16(14)23-11-5-10-20(23)25/h1-4,6-9H,5,10-13H2,(H,21,24). The van der Waals surface area contributed by atoms with Crippen molar-refractivity contribution in [3.63, 3.8) is 0 Å². The van der Waals surface area contributed by atoms with Crippen molar-refractivity contribution in [1.29, 1.82) is 0 Å². The third-order valence-corrected chi connectivity index (χ3v) is 5.35. The molecule has 1 aromatic heterocycles. The predicted molar refractivity (Wildman–Crippen MR) is 106 cm³/mol. The summed E-state index contributed by atoms with van der Waals surface area (Å²) in [4.78, 5) is 30.5. The van der Waals surface area contributed by atoms with Gasteiger partial charge < -0.3 is 15.0 Å². The van der Waals surface area contributed by atoms with E-state index in [1.54, 1.807) is 22.3 Å². The summed E-state index contributed by atoms with van der Waals surface area (Å²) in [5.41, 5.74) is 2.30. The van der Waals surface area contributed by atoms with Crippen molar-refractivity contribution in [2.45, 2.75) is 19.4 Å². The molecule has 0 aliphatic carbocycles. The lowest BCUT2D eigenvalue weighted by Gasteiger charge is -2.19. The number of rotatable bonds is 6. The first kappa shape index (κ1) is 17.6. The van der Waals surface area contributed by atoms with E-state index in [4.69, 9.17) is 4.74 Å². The average Bonchev–Trinajstić information content (AvgIpc) is 3.27. The molecule has 0 unspecified atom stereocenters. The van der Waals surface area contributed by atoms with Gasteiger partial charge in [-0.05, 0) is 30.7 Å². The lowest BCUT2D eigenvalue weighted by Crippen LogP contribution is -2.26. The molecule has 1 fully saturated rings. The van der Waals surface area contributed by atoms with Gasteiger partial charge in [0.05, 0.1) is 28.2 Å². The molecule has 2 amide bonds. The second-order valence-electron chi connectivity index (χ2n) is 6.28. The van der Waals surface area contributed by atoms with Crippen molar-refractivity contribution in [2.24, 2.45) is 0 Å². The minimum Gasteiger partial charge on any atom is -0.364 e. The van der Waals surface area contributed by atoms with E-state index in [2.05, 4.69) is 10.3 Å². The average molecular weight is 381 g/mol. The maximum atomic E-state index is 12.3. The highest BCUT2D eigenvalue weighted by Crippen LogP contribution is 2.29. The number of aromatic nitrogens is 1. The Labute approximate surface area is 160 Å². The molecule has 0 saturated carbocycles. The Morgan fingerprint density at radius 2 is 2.00 bits per heavy atom. The van der Waals surface area contributed by atoms with Crippen LogP contribution in [0.4, 0.5) is 11.4 Å². The Bertz CT molecular complexity index is 952. The summed E-state index contributed by atoms with van der Waals surface area (Å²) in [6.07, 6.45) is 1.39. The first-order valence-electron chi connectivity index (χ1n) is 8.82. The van der Waals surface area contributed by atoms with E-state index < -0.39 is 0 Å². The molecule has 138 valence electrons. The molecule has 1 aliphatic heterocycles. The fourth-order valence-corrected chi connectivity index (χ4v) is 4.02. The Hall–Kier alpha value is -2.77. The molecule has 2 heterocycles. The Kier molecular flexibility index (Phi) is 5.13. The molecule has 2 aromatic carbocycles. The van der Waals surface area contributed by atoms with Gasteiger partial charge in [-0.2, -0.15) is 0 Å². The fraction of sp³-hybridized carbons (Fsp3) is 0.250. The van der Waals surface area contributed by atoms with E-state index in [-0.39, 0.29) is 18.4 Å². The van der Waals surface area contributed by atoms with Gasteiger partial charge in [0.2, 0.25) is 11.8 Å². The quantitative estimate of drug-likeness (QED) is 0.708. The first-order chi connectivity index (χ1) is 13.2. The van der Waals surface area contributed by atoms with E-state index in [1.807, 2.05) is 42.5 Å². The third-order valence-electron chi connectivity index (χ3n) is 4.34. The molecular formula is C20H19N3O3S. The Morgan fingerprint density at radius 3 is 2.81 bits per heavy atom. The first-order valence-corrected chi connectivity index (χ1v) is 9.64. The number of nitrogens with zero attached hydrogens (tertiary/aromatic N) is 2. The van der Waals surface area contributed by atoms with Crippen LogP contribution < -0.4 is 10.2 Å². The number of carbonyl (C=O) groups is 2. The SMILES string of the molecule is O=C(COCc1nc2ccccc2s1)Nc1ccccc1N1CCCC1=O. The minimum absolute atomic E-state index is 0.0712. The number of benzene rings is 2. The summed E-state index contributed by atoms with van der Waals surface area (Å²) in [6.45, 7) is 0.900. The van der Waals surface area contributed by atoms with Gasteiger partial charge in [-0.3, -0.25) is 9.59 Å². The van der Waals surface area contributed by atoms with Crippen molar-refractivity contribution >= 4 is 44.7 Å². The fourth-order valence-electron chi connectivity index (χ4n) is 3.12. The molecule has 1 saturated heterocycles. The topological polar surface area (TPSA) is 71.5 Å². The van der Waals surface area contributed by atoms with Crippen LogP contribution in [-0.2, 0) is 20.9 Å². The molecular weight excluding hydrogens is 362 g/mol. The van der Waals surface area contributed by atoms with Gasteiger partial charge in [0.25, 0.3) is 0 Å². The van der Waals surface area contributed by atoms with Crippen LogP contribution >= 0.6 is 11.3 Å². The van der Waals surface area contributed by atoms with E-state index in [1.165, 1.54) is 0 Å². The number of carbonyl (C=O) groups excluding carboxylic acids is 2. The van der Waals surface area contributed by atoms with E-state index >= 15 is 0 Å². The lowest BCUT2D eigenvalue weighted by molar-refractivity contribution is -0.121. The van der Waals surface area contributed by atoms with Crippen LogP contribution in [-0.4, -0.2) is 29.9 Å². The van der Waals surface area contributed by atoms with Gasteiger partial charge >= 0.3 is 0 Å². The normalized spacial score (nSPS) is 14.1. The van der Waals surface area contributed by atoms with Crippen LogP contribution in [0, 0.1) is 0 Å². The van der Waals surface area contributed by atoms with Crippen molar-refractivity contribution in [1.82, 2.24) is 4.98 Å². The Balaban J connectivity index is 1.35. The van der Waals surface area contributed by atoms with Gasteiger partial charge in [-0.15, -0.1) is 11.3 Å². The summed E-state index contributed by atoms with van der Waals surface area (Å²) in [5.74, 6) is -0.168. The van der Waals surface area contributed by atoms with Crippen LogP contribution in [0.3, 0.4) is 0 Å². The molecule has 3 aromatic rings. The smallest absolute Gasteiger partial charge is 0.250 e. The number of ether oxygens (including phenoxy) is 1. The zero-order valence-corrected chi connectivity index (χ0v) is 15.5. The maximum Gasteiger partial charge on any atom is 0.250 e. The minimum atomic E-state index is -0.254. The zero-order valence-electron chi connectivity index (χ0n) is 14.7. The monoisotopic (exact) mass is 381 g/mol. The van der Waals surface area contributed by atoms with Crippen LogP contribution in [0.1, 0.15) is 17.8 Å². The molecule has 4 rings (SSSR count). The number of hydrogen-bond donors (Lipinski definition) is 1. The second kappa shape index (κ2) is 7.85. The molecule has 6 nitrogen and oxygen atoms in total. The number of thiazole rings is 1. The maximum absolute atomic E-state index is 12.3. The molecule has 0 atom stereocenters. The van der Waals surface area contributed by atoms with Gasteiger partial charge in [-0.25, -0.2) is 4.98 Å². The van der Waals surface area contributed by atoms with Crippen molar-refractivity contribution in [3.05, 3.63) is 53.5 Å². The van der Waals surface area contributed by atoms with E-state index in [0.29, 0.717) is 25.3 Å². The van der Waals surface area contributed by atoms with Gasteiger partial charge in [0.15, 0.2) is 0 Å². The highest BCUT2D eigenvalue weighted by Gasteiger charge is 2.24. The molecule has 0 spiro atoms. The highest BCUT2D eigenvalue weighted by molar-refractivity contribution is 7.18. The molecule has 7 heteroatoms. The largest absolute Gasteiger partial charge is 0.364 e. The third kappa shape index (κ3) is 3.99. The van der Waals surface area contributed by atoms with Crippen LogP contribution in [0.2, 0.25) is 0 Å². The van der Waals surface area contributed by atoms with Crippen LogP contribution in [0.15, 0.2) is 48.5 Å². The van der Waals surface area contributed by atoms with E-state index in [9.17, 15) is 9.59 Å². The zero-order chi connectivity index (χ0) is 18.6. The number of hydrogen-bond acceptors (Lipinski definition) is 5. The molecule has 0 bridgehead atoms. The number of amides is 2. The Morgan fingerprint density at radius 1 is 1.19 bits per heavy atom. The second-order valence-corrected chi connectivity index (χ2v) is 7.40. The number of anilines is 2. The highest BCUT2D eigenvalue weighted by atomic mass is 32.1. The molecule has 0 radical (unpaired) electrons. The lowest BCUT2D eigenvalue weighted by atomic mass is 10.2. The molecule has 1 N–H and O–H groups in total. The summed E-state index contributed by atoms with van der Waals surface area (Å²) in [6, 6.07) is 15.2. The van der Waals surface area contributed by atoms with Crippen LogP contribution in [0.5, 0.6) is 0 Å². The van der Waals surface area contributed by atoms with Crippen molar-refractivity contribution < 1.29 is 14.3 Å². The molecule has 27 heavy (non-hydrogen) atoms. The van der Waals surface area contributed by atoms with E-state index in [0.717, 1.165) is 27.3 Å². The summed E-state index contributed by atoms with van der Waals surface area (Å²) >= 11 is 1.56. The summed E-state index contributed by atoms with van der Waals surface area (Å²) in [7, 11) is 0. The number of fused-ring (bicyclic) bond motifs is 1. The summed E-state index contributed by atoms with van der Waals surface area (Å²) < 4.78 is 6.63. The number of para-hydroxylation sites is 3. The number of nitrogens with one attached hydrogen (secondary N) is 1. The van der Waals surface area contributed by atoms with Gasteiger partial charge in [0.1, 0.15) is 11.6 Å². The molecule has 1 aliphatic rings. The van der Waals surface area contributed by atoms with Crippen molar-refractivity contribution in [2.75, 3.05) is 23.4 Å². The van der Waals surface area contributed by atoms with Crippen LogP contribution in [0.25, 0.3) is 10.2 Å². The summed E-state index contributed by atoms with van der Waals surface area (Å²) in [5, 5.41) is 3.69. The van der Waals surface area contributed by atoms with Gasteiger partial charge in [0, 0.05) is 13.0 Å². The van der Waals surface area contributed by atoms with Crippen molar-refractivity contribution in [3.8, 4) is 0 Å². The van der Waals surface area contributed by atoms with Gasteiger partial charge in [-0.1, -0.05) is 24.3 Å². The predicted octanol–water partition coefficient (Wildman–Crippen LogP) is 3.58.